The normalized spacial score (nSPS) is 11.4. The maximum Gasteiger partial charge on any atom is 0.279 e. The Hall–Kier alpha value is -1.91. The number of pyridine rings is 1. The topological polar surface area (TPSA) is 68.3 Å². The molecule has 0 spiro atoms. The maximum atomic E-state index is 11.9. The smallest absolute Gasteiger partial charge is 0.279 e. The van der Waals surface area contributed by atoms with Gasteiger partial charge in [0.25, 0.3) is 5.91 Å². The van der Waals surface area contributed by atoms with Gasteiger partial charge < -0.3 is 5.73 Å². The Kier molecular flexibility index (Phi) is 4.14. The fraction of sp³-hybridized carbons (Fsp3) is 0. The molecule has 0 aliphatic heterocycles. The zero-order valence-electron chi connectivity index (χ0n) is 9.68. The van der Waals surface area contributed by atoms with Crippen LogP contribution in [0.1, 0.15) is 15.9 Å². The van der Waals surface area contributed by atoms with Gasteiger partial charge in [0, 0.05) is 22.3 Å². The fourth-order valence-corrected chi connectivity index (χ4v) is 1.69. The lowest BCUT2D eigenvalue weighted by Gasteiger charge is -2.01. The second kappa shape index (κ2) is 5.82. The van der Waals surface area contributed by atoms with Crippen molar-refractivity contribution in [2.45, 2.75) is 0 Å². The second-order valence-corrected chi connectivity index (χ2v) is 4.50. The Morgan fingerprint density at radius 1 is 1.11 bits per heavy atom. The summed E-state index contributed by atoms with van der Waals surface area (Å²) in [6.45, 7) is 0. The molecule has 0 aliphatic carbocycles. The van der Waals surface area contributed by atoms with Crippen LogP contribution in [0.2, 0.25) is 10.2 Å². The van der Waals surface area contributed by atoms with Crippen LogP contribution in [0, 0.1) is 0 Å². The molecule has 0 fully saturated rings. The van der Waals surface area contributed by atoms with Gasteiger partial charge in [0.1, 0.15) is 11.0 Å². The van der Waals surface area contributed by atoms with Crippen LogP contribution in [0.3, 0.4) is 0 Å². The first kappa shape index (κ1) is 13.5. The Labute approximate surface area is 119 Å². The van der Waals surface area contributed by atoms with Crippen LogP contribution in [-0.2, 0) is 0 Å². The van der Waals surface area contributed by atoms with Gasteiger partial charge in [-0.3, -0.25) is 4.79 Å². The predicted octanol–water partition coefficient (Wildman–Crippen LogP) is 2.93. The second-order valence-electron chi connectivity index (χ2n) is 3.68. The van der Waals surface area contributed by atoms with E-state index in [0.29, 0.717) is 16.1 Å². The lowest BCUT2D eigenvalue weighted by Crippen LogP contribution is -2.15. The van der Waals surface area contributed by atoms with Crippen LogP contribution in [-0.4, -0.2) is 16.7 Å². The summed E-state index contributed by atoms with van der Waals surface area (Å²) in [5, 5.41) is 0.815. The Balaban J connectivity index is 2.25. The number of halogens is 2. The van der Waals surface area contributed by atoms with Gasteiger partial charge in [-0.25, -0.2) is 4.98 Å². The molecule has 2 rings (SSSR count). The van der Waals surface area contributed by atoms with Crippen LogP contribution < -0.4 is 5.73 Å². The number of hydrogen-bond acceptors (Lipinski definition) is 2. The van der Waals surface area contributed by atoms with Crippen molar-refractivity contribution in [2.75, 3.05) is 0 Å². The predicted molar refractivity (Wildman–Crippen MR) is 75.8 cm³/mol. The molecular formula is C13H9Cl2N3O. The largest absolute Gasteiger partial charge is 0.383 e. The summed E-state index contributed by atoms with van der Waals surface area (Å²) < 4.78 is 0. The van der Waals surface area contributed by atoms with Crippen molar-refractivity contribution in [1.82, 2.24) is 4.98 Å². The van der Waals surface area contributed by atoms with E-state index >= 15 is 0 Å². The molecule has 6 heteroatoms. The van der Waals surface area contributed by atoms with Gasteiger partial charge >= 0.3 is 0 Å². The Morgan fingerprint density at radius 3 is 2.42 bits per heavy atom. The third-order valence-electron chi connectivity index (χ3n) is 2.34. The quantitative estimate of drug-likeness (QED) is 0.526. The van der Waals surface area contributed by atoms with Gasteiger partial charge in [-0.2, -0.15) is 4.99 Å². The molecule has 19 heavy (non-hydrogen) atoms. The molecule has 0 saturated carbocycles. The summed E-state index contributed by atoms with van der Waals surface area (Å²) in [7, 11) is 0. The van der Waals surface area contributed by atoms with Crippen molar-refractivity contribution < 1.29 is 4.79 Å². The zero-order valence-corrected chi connectivity index (χ0v) is 11.2. The molecule has 4 nitrogen and oxygen atoms in total. The summed E-state index contributed by atoms with van der Waals surface area (Å²) in [6.07, 6.45) is 1.43. The first-order valence-electron chi connectivity index (χ1n) is 5.32. The average Bonchev–Trinajstić information content (AvgIpc) is 2.39. The monoisotopic (exact) mass is 293 g/mol. The van der Waals surface area contributed by atoms with E-state index in [1.807, 2.05) is 0 Å². The first-order chi connectivity index (χ1) is 9.06. The lowest BCUT2D eigenvalue weighted by molar-refractivity contribution is 0.100. The van der Waals surface area contributed by atoms with Crippen molar-refractivity contribution in [3.8, 4) is 0 Å². The molecule has 96 valence electrons. The number of nitrogens with two attached hydrogens (primary N) is 1. The molecule has 2 N–H and O–H groups in total. The molecule has 0 unspecified atom stereocenters. The van der Waals surface area contributed by atoms with Gasteiger partial charge in [-0.1, -0.05) is 23.2 Å². The number of rotatable bonds is 2. The van der Waals surface area contributed by atoms with Crippen LogP contribution in [0.15, 0.2) is 47.6 Å². The number of aromatic nitrogens is 1. The molecule has 0 atom stereocenters. The number of amidine groups is 1. The average molecular weight is 294 g/mol. The minimum Gasteiger partial charge on any atom is -0.383 e. The molecule has 2 aromatic rings. The van der Waals surface area contributed by atoms with Crippen molar-refractivity contribution in [3.63, 3.8) is 0 Å². The summed E-state index contributed by atoms with van der Waals surface area (Å²) in [6, 6.07) is 9.68. The molecule has 0 radical (unpaired) electrons. The zero-order chi connectivity index (χ0) is 13.8. The van der Waals surface area contributed by atoms with E-state index in [1.54, 1.807) is 24.3 Å². The van der Waals surface area contributed by atoms with Crippen LogP contribution in [0.4, 0.5) is 0 Å². The number of benzene rings is 1. The van der Waals surface area contributed by atoms with Crippen molar-refractivity contribution >= 4 is 34.9 Å². The molecule has 1 aromatic carbocycles. The first-order valence-corrected chi connectivity index (χ1v) is 6.08. The third-order valence-corrected chi connectivity index (χ3v) is 2.79. The molecule has 1 amide bonds. The van der Waals surface area contributed by atoms with Gasteiger partial charge in [0.05, 0.1) is 0 Å². The number of amides is 1. The van der Waals surface area contributed by atoms with E-state index in [4.69, 9.17) is 28.9 Å². The van der Waals surface area contributed by atoms with E-state index in [0.717, 1.165) is 0 Å². The van der Waals surface area contributed by atoms with Crippen molar-refractivity contribution in [1.29, 1.82) is 0 Å². The van der Waals surface area contributed by atoms with Gasteiger partial charge in [0.15, 0.2) is 0 Å². The van der Waals surface area contributed by atoms with Crippen molar-refractivity contribution in [2.24, 2.45) is 10.7 Å². The SMILES string of the molecule is NC(=NC(=O)c1ccnc(Cl)c1)c1ccc(Cl)cc1. The van der Waals surface area contributed by atoms with E-state index < -0.39 is 5.91 Å². The molecule has 0 bridgehead atoms. The molecule has 1 heterocycles. The Bertz CT molecular complexity index is 639. The number of carbonyl (C=O) groups excluding carboxylic acids is 1. The van der Waals surface area contributed by atoms with E-state index in [-0.39, 0.29) is 11.0 Å². The fourth-order valence-electron chi connectivity index (χ4n) is 1.39. The minimum absolute atomic E-state index is 0.120. The summed E-state index contributed by atoms with van der Waals surface area (Å²) >= 11 is 11.5. The van der Waals surface area contributed by atoms with Gasteiger partial charge in [0.2, 0.25) is 0 Å². The molecule has 0 aliphatic rings. The number of hydrogen-bond donors (Lipinski definition) is 1. The van der Waals surface area contributed by atoms with Gasteiger partial charge in [-0.15, -0.1) is 0 Å². The summed E-state index contributed by atoms with van der Waals surface area (Å²) in [5.74, 6) is -0.355. The molecule has 0 saturated heterocycles. The lowest BCUT2D eigenvalue weighted by atomic mass is 10.2. The minimum atomic E-state index is -0.475. The highest BCUT2D eigenvalue weighted by Crippen LogP contribution is 2.11. The van der Waals surface area contributed by atoms with E-state index in [9.17, 15) is 4.79 Å². The van der Waals surface area contributed by atoms with Crippen molar-refractivity contribution in [3.05, 3.63) is 63.9 Å². The summed E-state index contributed by atoms with van der Waals surface area (Å²) in [4.78, 5) is 19.5. The van der Waals surface area contributed by atoms with Crippen LogP contribution in [0.25, 0.3) is 0 Å². The van der Waals surface area contributed by atoms with Crippen LogP contribution >= 0.6 is 23.2 Å². The molecular weight excluding hydrogens is 285 g/mol. The van der Waals surface area contributed by atoms with Gasteiger partial charge in [-0.05, 0) is 36.4 Å². The number of carbonyl (C=O) groups is 1. The number of aliphatic imine (C=N–C) groups is 1. The Morgan fingerprint density at radius 2 is 1.79 bits per heavy atom. The molecule has 1 aromatic heterocycles. The third kappa shape index (κ3) is 3.53. The maximum absolute atomic E-state index is 11.9. The summed E-state index contributed by atoms with van der Waals surface area (Å²) in [5.41, 5.74) is 6.71. The number of nitrogens with zero attached hydrogens (tertiary/aromatic N) is 2. The standard InChI is InChI=1S/C13H9Cl2N3O/c14-10-3-1-8(2-4-10)12(16)18-13(19)9-5-6-17-11(15)7-9/h1-7H,(H2,16,18,19). The van der Waals surface area contributed by atoms with E-state index in [1.165, 1.54) is 18.3 Å². The van der Waals surface area contributed by atoms with E-state index in [2.05, 4.69) is 9.98 Å². The highest BCUT2D eigenvalue weighted by Gasteiger charge is 2.07. The van der Waals surface area contributed by atoms with Crippen LogP contribution in [0.5, 0.6) is 0 Å². The highest BCUT2D eigenvalue weighted by molar-refractivity contribution is 6.30. The highest BCUT2D eigenvalue weighted by atomic mass is 35.5.